The Morgan fingerprint density at radius 2 is 2.17 bits per heavy atom. The molecule has 0 heterocycles. The van der Waals surface area contributed by atoms with Crippen molar-refractivity contribution in [1.82, 2.24) is 5.32 Å². The van der Waals surface area contributed by atoms with E-state index in [1.165, 1.54) is 0 Å². The molecular weight excluding hydrogens is 154 g/mol. The van der Waals surface area contributed by atoms with Crippen LogP contribution >= 0.6 is 0 Å². The third-order valence-corrected chi connectivity index (χ3v) is 1.26. The predicted molar refractivity (Wildman–Crippen MR) is 49.0 cm³/mol. The molecule has 0 aliphatic rings. The highest BCUT2D eigenvalue weighted by atomic mass is 16.5. The number of carbonyl (C=O) groups excluding carboxylic acids is 1. The molecule has 1 amide bonds. The van der Waals surface area contributed by atoms with Crippen molar-refractivity contribution in [2.75, 3.05) is 19.8 Å². The molecule has 0 aromatic heterocycles. The summed E-state index contributed by atoms with van der Waals surface area (Å²) < 4.78 is 5.14. The van der Waals surface area contributed by atoms with Crippen molar-refractivity contribution in [2.24, 2.45) is 5.92 Å². The van der Waals surface area contributed by atoms with E-state index in [2.05, 4.69) is 19.2 Å². The van der Waals surface area contributed by atoms with Crippen LogP contribution in [0.4, 0.5) is 0 Å². The molecule has 0 aromatic carbocycles. The van der Waals surface area contributed by atoms with Gasteiger partial charge in [0.15, 0.2) is 0 Å². The smallest absolute Gasteiger partial charge is 0.245 e. The van der Waals surface area contributed by atoms with Crippen LogP contribution in [-0.2, 0) is 9.53 Å². The number of rotatable bonds is 6. The molecule has 3 nitrogen and oxygen atoms in total. The van der Waals surface area contributed by atoms with Gasteiger partial charge in [0.2, 0.25) is 5.91 Å². The fraction of sp³-hybridized carbons (Fsp3) is 0.889. The van der Waals surface area contributed by atoms with Crippen molar-refractivity contribution in [2.45, 2.75) is 27.2 Å². The molecule has 0 aromatic rings. The van der Waals surface area contributed by atoms with Crippen LogP contribution in [0, 0.1) is 5.92 Å². The van der Waals surface area contributed by atoms with Crippen LogP contribution in [0.15, 0.2) is 0 Å². The summed E-state index contributed by atoms with van der Waals surface area (Å²) in [6.45, 7) is 7.73. The first kappa shape index (κ1) is 11.4. The van der Waals surface area contributed by atoms with Crippen LogP contribution in [0.2, 0.25) is 0 Å². The molecule has 0 fully saturated rings. The molecule has 0 bridgehead atoms. The third kappa shape index (κ3) is 7.54. The summed E-state index contributed by atoms with van der Waals surface area (Å²) in [4.78, 5) is 10.9. The zero-order valence-corrected chi connectivity index (χ0v) is 8.22. The summed E-state index contributed by atoms with van der Waals surface area (Å²) in [6.07, 6.45) is 0.968. The second-order valence-corrected chi connectivity index (χ2v) is 3.26. The number of hydrogen-bond acceptors (Lipinski definition) is 2. The standard InChI is InChI=1S/C9H19NO2/c1-4-5-10-9(11)7-12-6-8(2)3/h8H,4-7H2,1-3H3,(H,10,11). The highest BCUT2D eigenvalue weighted by molar-refractivity contribution is 5.77. The topological polar surface area (TPSA) is 38.3 Å². The van der Waals surface area contributed by atoms with E-state index < -0.39 is 0 Å². The van der Waals surface area contributed by atoms with Gasteiger partial charge < -0.3 is 10.1 Å². The first-order valence-corrected chi connectivity index (χ1v) is 4.51. The third-order valence-electron chi connectivity index (χ3n) is 1.26. The molecule has 3 heteroatoms. The van der Waals surface area contributed by atoms with E-state index >= 15 is 0 Å². The molecular formula is C9H19NO2. The highest BCUT2D eigenvalue weighted by Crippen LogP contribution is 1.91. The lowest BCUT2D eigenvalue weighted by Crippen LogP contribution is -2.28. The van der Waals surface area contributed by atoms with Crippen molar-refractivity contribution < 1.29 is 9.53 Å². The van der Waals surface area contributed by atoms with Crippen molar-refractivity contribution in [3.63, 3.8) is 0 Å². The summed E-state index contributed by atoms with van der Waals surface area (Å²) in [5, 5.41) is 2.74. The zero-order valence-electron chi connectivity index (χ0n) is 8.22. The summed E-state index contributed by atoms with van der Waals surface area (Å²) >= 11 is 0. The lowest BCUT2D eigenvalue weighted by molar-refractivity contribution is -0.126. The Balaban J connectivity index is 3.20. The fourth-order valence-corrected chi connectivity index (χ4v) is 0.703. The minimum Gasteiger partial charge on any atom is -0.371 e. The van der Waals surface area contributed by atoms with Gasteiger partial charge in [0.25, 0.3) is 0 Å². The van der Waals surface area contributed by atoms with Gasteiger partial charge in [-0.25, -0.2) is 0 Å². The Morgan fingerprint density at radius 3 is 2.67 bits per heavy atom. The summed E-state index contributed by atoms with van der Waals surface area (Å²) in [5.41, 5.74) is 0. The van der Waals surface area contributed by atoms with Gasteiger partial charge >= 0.3 is 0 Å². The van der Waals surface area contributed by atoms with Gasteiger partial charge in [-0.3, -0.25) is 4.79 Å². The normalized spacial score (nSPS) is 10.3. The first-order valence-electron chi connectivity index (χ1n) is 4.51. The minimum absolute atomic E-state index is 0.0162. The Morgan fingerprint density at radius 1 is 1.50 bits per heavy atom. The van der Waals surface area contributed by atoms with E-state index in [1.807, 2.05) is 6.92 Å². The second kappa shape index (κ2) is 7.10. The minimum atomic E-state index is -0.0162. The molecule has 1 N–H and O–H groups in total. The van der Waals surface area contributed by atoms with Gasteiger partial charge in [0.05, 0.1) is 0 Å². The van der Waals surface area contributed by atoms with Crippen LogP contribution in [-0.4, -0.2) is 25.7 Å². The Kier molecular flexibility index (Phi) is 6.76. The molecule has 0 saturated heterocycles. The van der Waals surface area contributed by atoms with Gasteiger partial charge in [-0.05, 0) is 12.3 Å². The molecule has 0 aliphatic carbocycles. The fourth-order valence-electron chi connectivity index (χ4n) is 0.703. The number of nitrogens with one attached hydrogen (secondary N) is 1. The van der Waals surface area contributed by atoms with Crippen molar-refractivity contribution in [1.29, 1.82) is 0 Å². The second-order valence-electron chi connectivity index (χ2n) is 3.26. The molecule has 0 radical (unpaired) electrons. The largest absolute Gasteiger partial charge is 0.371 e. The van der Waals surface area contributed by atoms with E-state index in [4.69, 9.17) is 4.74 Å². The average molecular weight is 173 g/mol. The van der Waals surface area contributed by atoms with E-state index in [0.29, 0.717) is 12.5 Å². The van der Waals surface area contributed by atoms with Crippen LogP contribution in [0.3, 0.4) is 0 Å². The maximum atomic E-state index is 10.9. The summed E-state index contributed by atoms with van der Waals surface area (Å²) in [5.74, 6) is 0.474. The van der Waals surface area contributed by atoms with Crippen LogP contribution in [0.25, 0.3) is 0 Å². The van der Waals surface area contributed by atoms with Crippen LogP contribution in [0.5, 0.6) is 0 Å². The SMILES string of the molecule is CCCNC(=O)COCC(C)C. The average Bonchev–Trinajstić information content (AvgIpc) is 2.00. The Bertz CT molecular complexity index is 124. The first-order chi connectivity index (χ1) is 5.66. The molecule has 72 valence electrons. The van der Waals surface area contributed by atoms with Crippen LogP contribution in [0.1, 0.15) is 27.2 Å². The lowest BCUT2D eigenvalue weighted by atomic mass is 10.2. The molecule has 0 spiro atoms. The van der Waals surface area contributed by atoms with Crippen molar-refractivity contribution in [3.05, 3.63) is 0 Å². The summed E-state index contributed by atoms with van der Waals surface area (Å²) in [7, 11) is 0. The van der Waals surface area contributed by atoms with E-state index in [0.717, 1.165) is 13.0 Å². The maximum absolute atomic E-state index is 10.9. The van der Waals surface area contributed by atoms with Gasteiger partial charge in [-0.2, -0.15) is 0 Å². The monoisotopic (exact) mass is 173 g/mol. The Labute approximate surface area is 74.5 Å². The van der Waals surface area contributed by atoms with Crippen molar-refractivity contribution in [3.8, 4) is 0 Å². The molecule has 0 atom stereocenters. The number of amides is 1. The number of ether oxygens (including phenoxy) is 1. The highest BCUT2D eigenvalue weighted by Gasteiger charge is 2.00. The van der Waals surface area contributed by atoms with Gasteiger partial charge in [-0.15, -0.1) is 0 Å². The molecule has 0 unspecified atom stereocenters. The maximum Gasteiger partial charge on any atom is 0.245 e. The molecule has 12 heavy (non-hydrogen) atoms. The van der Waals surface area contributed by atoms with Gasteiger partial charge in [0, 0.05) is 13.2 Å². The predicted octanol–water partition coefficient (Wildman–Crippen LogP) is 1.19. The van der Waals surface area contributed by atoms with E-state index in [-0.39, 0.29) is 12.5 Å². The van der Waals surface area contributed by atoms with Crippen molar-refractivity contribution >= 4 is 5.91 Å². The lowest BCUT2D eigenvalue weighted by Gasteiger charge is -2.06. The van der Waals surface area contributed by atoms with Gasteiger partial charge in [0.1, 0.15) is 6.61 Å². The molecule has 0 aliphatic heterocycles. The zero-order chi connectivity index (χ0) is 9.40. The van der Waals surface area contributed by atoms with Gasteiger partial charge in [-0.1, -0.05) is 20.8 Å². The Hall–Kier alpha value is -0.570. The quantitative estimate of drug-likeness (QED) is 0.655. The molecule has 0 rings (SSSR count). The summed E-state index contributed by atoms with van der Waals surface area (Å²) in [6, 6.07) is 0. The molecule has 0 saturated carbocycles. The van der Waals surface area contributed by atoms with E-state index in [1.54, 1.807) is 0 Å². The number of hydrogen-bond donors (Lipinski definition) is 1. The number of carbonyl (C=O) groups is 1. The van der Waals surface area contributed by atoms with E-state index in [9.17, 15) is 4.79 Å². The van der Waals surface area contributed by atoms with Crippen LogP contribution < -0.4 is 5.32 Å².